The summed E-state index contributed by atoms with van der Waals surface area (Å²) >= 11 is 0. The van der Waals surface area contributed by atoms with E-state index in [1.54, 1.807) is 0 Å². The number of hydrogen-bond acceptors (Lipinski definition) is 2. The first kappa shape index (κ1) is 13.0. The van der Waals surface area contributed by atoms with E-state index in [1.165, 1.54) is 38.8 Å². The fourth-order valence-corrected chi connectivity index (χ4v) is 2.81. The molecule has 0 bridgehead atoms. The van der Waals surface area contributed by atoms with Gasteiger partial charge in [-0.2, -0.15) is 0 Å². The zero-order valence-corrected chi connectivity index (χ0v) is 10.9. The third-order valence-corrected chi connectivity index (χ3v) is 3.88. The van der Waals surface area contributed by atoms with Crippen LogP contribution in [-0.2, 0) is 0 Å². The van der Waals surface area contributed by atoms with E-state index in [9.17, 15) is 0 Å². The molecule has 0 radical (unpaired) electrons. The molecule has 1 aliphatic rings. The lowest BCUT2D eigenvalue weighted by Gasteiger charge is -2.34. The molecule has 0 aromatic rings. The summed E-state index contributed by atoms with van der Waals surface area (Å²) in [6.45, 7) is 9.47. The van der Waals surface area contributed by atoms with Gasteiger partial charge in [0.15, 0.2) is 0 Å². The zero-order chi connectivity index (χ0) is 11.3. The van der Waals surface area contributed by atoms with Crippen molar-refractivity contribution >= 4 is 0 Å². The van der Waals surface area contributed by atoms with Gasteiger partial charge in [-0.15, -0.1) is 0 Å². The molecule has 2 unspecified atom stereocenters. The Bertz CT molecular complexity index is 166. The van der Waals surface area contributed by atoms with Crippen LogP contribution in [0.1, 0.15) is 46.5 Å². The van der Waals surface area contributed by atoms with Gasteiger partial charge in [-0.05, 0) is 39.3 Å². The Morgan fingerprint density at radius 3 is 2.53 bits per heavy atom. The normalized spacial score (nSPS) is 25.8. The van der Waals surface area contributed by atoms with Crippen molar-refractivity contribution in [1.82, 2.24) is 10.2 Å². The summed E-state index contributed by atoms with van der Waals surface area (Å²) in [5, 5.41) is 3.81. The Kier molecular flexibility index (Phi) is 5.62. The molecule has 15 heavy (non-hydrogen) atoms. The number of likely N-dealkylation sites (N-methyl/N-ethyl adjacent to an activating group) is 1. The maximum atomic E-state index is 3.81. The summed E-state index contributed by atoms with van der Waals surface area (Å²) < 4.78 is 0. The zero-order valence-electron chi connectivity index (χ0n) is 10.9. The van der Waals surface area contributed by atoms with Crippen LogP contribution in [0.25, 0.3) is 0 Å². The Hall–Kier alpha value is -0.0800. The summed E-state index contributed by atoms with van der Waals surface area (Å²) in [5.41, 5.74) is 0. The lowest BCUT2D eigenvalue weighted by molar-refractivity contribution is 0.202. The molecule has 2 nitrogen and oxygen atoms in total. The van der Waals surface area contributed by atoms with Crippen LogP contribution < -0.4 is 5.32 Å². The monoisotopic (exact) mass is 212 g/mol. The second-order valence-corrected chi connectivity index (χ2v) is 5.13. The maximum absolute atomic E-state index is 3.81. The highest BCUT2D eigenvalue weighted by Crippen LogP contribution is 2.15. The number of hydrogen-bond donors (Lipinski definition) is 1. The van der Waals surface area contributed by atoms with Crippen LogP contribution in [0.15, 0.2) is 0 Å². The molecule has 1 fully saturated rings. The fourth-order valence-electron chi connectivity index (χ4n) is 2.81. The molecular formula is C13H28N2. The van der Waals surface area contributed by atoms with Gasteiger partial charge in [0.2, 0.25) is 0 Å². The topological polar surface area (TPSA) is 15.3 Å². The fraction of sp³-hybridized carbons (Fsp3) is 1.00. The molecular weight excluding hydrogens is 184 g/mol. The van der Waals surface area contributed by atoms with Gasteiger partial charge in [0, 0.05) is 18.6 Å². The summed E-state index contributed by atoms with van der Waals surface area (Å²) in [5.74, 6) is 0.845. The number of rotatable bonds is 5. The van der Waals surface area contributed by atoms with E-state index in [0.29, 0.717) is 6.04 Å². The number of nitrogens with one attached hydrogen (secondary N) is 1. The highest BCUT2D eigenvalue weighted by atomic mass is 15.1. The van der Waals surface area contributed by atoms with E-state index >= 15 is 0 Å². The lowest BCUT2D eigenvalue weighted by Crippen LogP contribution is -2.49. The van der Waals surface area contributed by atoms with Crippen LogP contribution in [-0.4, -0.2) is 37.1 Å². The molecule has 0 aliphatic carbocycles. The molecule has 1 heterocycles. The minimum atomic E-state index is 0.677. The average Bonchev–Trinajstić information content (AvgIpc) is 2.19. The smallest absolute Gasteiger partial charge is 0.0197 e. The molecule has 0 aromatic carbocycles. The van der Waals surface area contributed by atoms with Crippen LogP contribution in [0.5, 0.6) is 0 Å². The van der Waals surface area contributed by atoms with Gasteiger partial charge in [-0.3, -0.25) is 0 Å². The minimum Gasteiger partial charge on any atom is -0.310 e. The first-order chi connectivity index (χ1) is 7.17. The van der Waals surface area contributed by atoms with Crippen LogP contribution >= 0.6 is 0 Å². The molecule has 1 saturated heterocycles. The van der Waals surface area contributed by atoms with Crippen molar-refractivity contribution in [1.29, 1.82) is 0 Å². The number of likely N-dealkylation sites (tertiary alicyclic amines) is 1. The Morgan fingerprint density at radius 1 is 1.33 bits per heavy atom. The predicted molar refractivity (Wildman–Crippen MR) is 67.2 cm³/mol. The molecule has 0 saturated carbocycles. The molecule has 90 valence electrons. The van der Waals surface area contributed by atoms with Gasteiger partial charge >= 0.3 is 0 Å². The quantitative estimate of drug-likeness (QED) is 0.753. The van der Waals surface area contributed by atoms with Crippen molar-refractivity contribution in [2.24, 2.45) is 5.92 Å². The summed E-state index contributed by atoms with van der Waals surface area (Å²) in [6, 6.07) is 1.40. The molecule has 1 N–H and O–H groups in total. The third kappa shape index (κ3) is 4.12. The van der Waals surface area contributed by atoms with Gasteiger partial charge < -0.3 is 10.2 Å². The SMILES string of the molecule is CCC(CC)C(C)NC1CCCN(C)C1. The first-order valence-electron chi connectivity index (χ1n) is 6.61. The van der Waals surface area contributed by atoms with Crippen LogP contribution in [0.3, 0.4) is 0 Å². The average molecular weight is 212 g/mol. The van der Waals surface area contributed by atoms with Crippen molar-refractivity contribution in [3.05, 3.63) is 0 Å². The Balaban J connectivity index is 2.32. The van der Waals surface area contributed by atoms with E-state index in [4.69, 9.17) is 0 Å². The second kappa shape index (κ2) is 6.49. The van der Waals surface area contributed by atoms with Gasteiger partial charge in [0.05, 0.1) is 0 Å². The van der Waals surface area contributed by atoms with E-state index < -0.39 is 0 Å². The van der Waals surface area contributed by atoms with Gasteiger partial charge in [-0.1, -0.05) is 26.7 Å². The highest BCUT2D eigenvalue weighted by Gasteiger charge is 2.21. The lowest BCUT2D eigenvalue weighted by atomic mass is 9.94. The molecule has 0 amide bonds. The van der Waals surface area contributed by atoms with Crippen molar-refractivity contribution < 1.29 is 0 Å². The van der Waals surface area contributed by atoms with Gasteiger partial charge in [-0.25, -0.2) is 0 Å². The molecule has 1 rings (SSSR count). The van der Waals surface area contributed by atoms with Crippen LogP contribution in [0.2, 0.25) is 0 Å². The second-order valence-electron chi connectivity index (χ2n) is 5.13. The van der Waals surface area contributed by atoms with Crippen molar-refractivity contribution in [2.45, 2.75) is 58.5 Å². The van der Waals surface area contributed by atoms with E-state index in [2.05, 4.69) is 38.0 Å². The van der Waals surface area contributed by atoms with Crippen LogP contribution in [0.4, 0.5) is 0 Å². The first-order valence-corrected chi connectivity index (χ1v) is 6.61. The largest absolute Gasteiger partial charge is 0.310 e. The van der Waals surface area contributed by atoms with Crippen molar-refractivity contribution in [3.8, 4) is 0 Å². The van der Waals surface area contributed by atoms with Crippen LogP contribution in [0, 0.1) is 5.92 Å². The summed E-state index contributed by atoms with van der Waals surface area (Å²) in [7, 11) is 2.23. The predicted octanol–water partition coefficient (Wildman–Crippen LogP) is 2.49. The summed E-state index contributed by atoms with van der Waals surface area (Å²) in [6.07, 6.45) is 5.30. The maximum Gasteiger partial charge on any atom is 0.0197 e. The molecule has 0 aromatic heterocycles. The van der Waals surface area contributed by atoms with Crippen molar-refractivity contribution in [3.63, 3.8) is 0 Å². The van der Waals surface area contributed by atoms with Crippen molar-refractivity contribution in [2.75, 3.05) is 20.1 Å². The molecule has 0 spiro atoms. The van der Waals surface area contributed by atoms with Gasteiger partial charge in [0.1, 0.15) is 0 Å². The van der Waals surface area contributed by atoms with E-state index in [-0.39, 0.29) is 0 Å². The Labute approximate surface area is 95.4 Å². The number of piperidine rings is 1. The molecule has 2 atom stereocenters. The van der Waals surface area contributed by atoms with Gasteiger partial charge in [0.25, 0.3) is 0 Å². The summed E-state index contributed by atoms with van der Waals surface area (Å²) in [4.78, 5) is 2.45. The minimum absolute atomic E-state index is 0.677. The van der Waals surface area contributed by atoms with E-state index in [1.807, 2.05) is 0 Å². The number of nitrogens with zero attached hydrogens (tertiary/aromatic N) is 1. The molecule has 2 heteroatoms. The highest BCUT2D eigenvalue weighted by molar-refractivity contribution is 4.81. The third-order valence-electron chi connectivity index (χ3n) is 3.88. The molecule has 1 aliphatic heterocycles. The van der Waals surface area contributed by atoms with E-state index in [0.717, 1.165) is 12.0 Å². The Morgan fingerprint density at radius 2 is 2.00 bits per heavy atom. The standard InChI is InChI=1S/C13H28N2/c1-5-12(6-2)11(3)14-13-8-7-9-15(4)10-13/h11-14H,5-10H2,1-4H3.